The van der Waals surface area contributed by atoms with Gasteiger partial charge in [-0.1, -0.05) is 121 Å². The number of benzene rings is 6. The van der Waals surface area contributed by atoms with Gasteiger partial charge in [0.15, 0.2) is 0 Å². The summed E-state index contributed by atoms with van der Waals surface area (Å²) in [5, 5.41) is 6.21. The predicted octanol–water partition coefficient (Wildman–Crippen LogP) is 8.95. The van der Waals surface area contributed by atoms with Gasteiger partial charge in [-0.05, 0) is 68.4 Å². The zero-order chi connectivity index (χ0) is 24.0. The van der Waals surface area contributed by atoms with Crippen LogP contribution in [0, 0.1) is 0 Å². The number of fused-ring (bicyclic) bond motifs is 5. The summed E-state index contributed by atoms with van der Waals surface area (Å²) in [5.74, 6) is 0. The van der Waals surface area contributed by atoms with Crippen molar-refractivity contribution in [2.45, 2.75) is 5.41 Å². The Balaban J connectivity index is 1.59. The Morgan fingerprint density at radius 3 is 1.75 bits per heavy atom. The lowest BCUT2D eigenvalue weighted by Crippen LogP contribution is -2.28. The first-order chi connectivity index (χ1) is 17.9. The molecule has 6 aromatic rings. The third kappa shape index (κ3) is 3.03. The van der Waals surface area contributed by atoms with Gasteiger partial charge in [-0.25, -0.2) is 0 Å². The molecule has 170 valence electrons. The lowest BCUT2D eigenvalue weighted by Gasteiger charge is -2.34. The van der Waals surface area contributed by atoms with Crippen LogP contribution in [0.15, 0.2) is 146 Å². The van der Waals surface area contributed by atoms with E-state index >= 15 is 0 Å². The van der Waals surface area contributed by atoms with Crippen LogP contribution >= 0.6 is 0 Å². The lowest BCUT2D eigenvalue weighted by molar-refractivity contribution is 0.769. The molecule has 0 saturated carbocycles. The van der Waals surface area contributed by atoms with Crippen LogP contribution in [-0.4, -0.2) is 0 Å². The third-order valence-corrected chi connectivity index (χ3v) is 7.50. The van der Waals surface area contributed by atoms with Crippen LogP contribution in [0.4, 0.5) is 11.4 Å². The number of rotatable bonds is 4. The molecule has 6 aromatic carbocycles. The molecule has 0 saturated heterocycles. The highest BCUT2D eigenvalue weighted by Crippen LogP contribution is 2.58. The average Bonchev–Trinajstić information content (AvgIpc) is 3.25. The Labute approximate surface area is 211 Å². The maximum atomic E-state index is 3.64. The highest BCUT2D eigenvalue weighted by atomic mass is 14.9. The normalized spacial score (nSPS) is 13.2. The van der Waals surface area contributed by atoms with Crippen molar-refractivity contribution in [1.82, 2.24) is 0 Å². The summed E-state index contributed by atoms with van der Waals surface area (Å²) in [6, 6.07) is 52.6. The van der Waals surface area contributed by atoms with Crippen molar-refractivity contribution in [3.05, 3.63) is 168 Å². The Kier molecular flexibility index (Phi) is 4.75. The van der Waals surface area contributed by atoms with Gasteiger partial charge in [-0.3, -0.25) is 0 Å². The number of para-hydroxylation sites is 1. The van der Waals surface area contributed by atoms with Gasteiger partial charge in [0.25, 0.3) is 0 Å². The summed E-state index contributed by atoms with van der Waals surface area (Å²) < 4.78 is 0. The van der Waals surface area contributed by atoms with Gasteiger partial charge in [-0.2, -0.15) is 0 Å². The summed E-state index contributed by atoms with van der Waals surface area (Å²) in [4.78, 5) is 0. The van der Waals surface area contributed by atoms with Crippen LogP contribution in [-0.2, 0) is 5.41 Å². The maximum absolute atomic E-state index is 3.64. The van der Waals surface area contributed by atoms with Gasteiger partial charge >= 0.3 is 0 Å². The zero-order valence-corrected chi connectivity index (χ0v) is 19.9. The summed E-state index contributed by atoms with van der Waals surface area (Å²) in [5.41, 5.74) is 9.61. The summed E-state index contributed by atoms with van der Waals surface area (Å²) in [7, 11) is 0. The highest BCUT2D eigenvalue weighted by Gasteiger charge is 2.46. The summed E-state index contributed by atoms with van der Waals surface area (Å²) in [6.45, 7) is 0. The fourth-order valence-electron chi connectivity index (χ4n) is 6.02. The predicted molar refractivity (Wildman–Crippen MR) is 151 cm³/mol. The molecule has 0 aromatic heterocycles. The molecular weight excluding hydrogens is 434 g/mol. The Morgan fingerprint density at radius 1 is 0.444 bits per heavy atom. The molecular formula is C35H25N. The Morgan fingerprint density at radius 2 is 1.06 bits per heavy atom. The number of anilines is 2. The SMILES string of the molecule is c1ccc(Nc2ccc3c(c2)C(c2ccccc2)(c2ccccc2)c2ccc4ccccc4c2-3)cc1. The molecule has 1 aliphatic rings. The molecule has 1 nitrogen and oxygen atoms in total. The van der Waals surface area contributed by atoms with E-state index in [4.69, 9.17) is 0 Å². The highest BCUT2D eigenvalue weighted by molar-refractivity contribution is 6.04. The summed E-state index contributed by atoms with van der Waals surface area (Å²) in [6.07, 6.45) is 0. The van der Waals surface area contributed by atoms with Crippen LogP contribution < -0.4 is 5.32 Å². The fraction of sp³-hybridized carbons (Fsp3) is 0.0286. The van der Waals surface area contributed by atoms with Crippen molar-refractivity contribution < 1.29 is 0 Å². The number of hydrogen-bond acceptors (Lipinski definition) is 1. The molecule has 1 heteroatoms. The van der Waals surface area contributed by atoms with E-state index in [1.165, 1.54) is 44.2 Å². The molecule has 0 heterocycles. The molecule has 0 spiro atoms. The zero-order valence-electron chi connectivity index (χ0n) is 19.9. The second kappa shape index (κ2) is 8.25. The molecule has 0 aliphatic heterocycles. The van der Waals surface area contributed by atoms with Crippen LogP contribution in [0.1, 0.15) is 22.3 Å². The molecule has 1 aliphatic carbocycles. The smallest absolute Gasteiger partial charge is 0.0714 e. The number of hydrogen-bond donors (Lipinski definition) is 1. The van der Waals surface area contributed by atoms with E-state index in [1.54, 1.807) is 0 Å². The van der Waals surface area contributed by atoms with E-state index in [0.29, 0.717) is 0 Å². The van der Waals surface area contributed by atoms with Crippen molar-refractivity contribution in [2.75, 3.05) is 5.32 Å². The quantitative estimate of drug-likeness (QED) is 0.277. The van der Waals surface area contributed by atoms with Crippen molar-refractivity contribution in [3.8, 4) is 11.1 Å². The molecule has 7 rings (SSSR count). The van der Waals surface area contributed by atoms with E-state index in [1.807, 2.05) is 6.07 Å². The molecule has 0 amide bonds. The monoisotopic (exact) mass is 459 g/mol. The maximum Gasteiger partial charge on any atom is 0.0714 e. The third-order valence-electron chi connectivity index (χ3n) is 7.50. The van der Waals surface area contributed by atoms with Crippen molar-refractivity contribution in [1.29, 1.82) is 0 Å². The minimum Gasteiger partial charge on any atom is -0.356 e. The van der Waals surface area contributed by atoms with Crippen molar-refractivity contribution in [2.24, 2.45) is 0 Å². The van der Waals surface area contributed by atoms with E-state index in [-0.39, 0.29) is 0 Å². The molecule has 0 radical (unpaired) electrons. The van der Waals surface area contributed by atoms with Gasteiger partial charge < -0.3 is 5.32 Å². The van der Waals surface area contributed by atoms with Gasteiger partial charge in [0.1, 0.15) is 0 Å². The number of nitrogens with one attached hydrogen (secondary N) is 1. The second-order valence-electron chi connectivity index (χ2n) is 9.44. The Bertz CT molecular complexity index is 1650. The van der Waals surface area contributed by atoms with Gasteiger partial charge in [0.05, 0.1) is 5.41 Å². The molecule has 0 atom stereocenters. The average molecular weight is 460 g/mol. The van der Waals surface area contributed by atoms with Gasteiger partial charge in [0.2, 0.25) is 0 Å². The summed E-state index contributed by atoms with van der Waals surface area (Å²) >= 11 is 0. The standard InChI is InChI=1S/C35H25N/c1-4-13-26(14-5-1)35(27-15-6-2-7-16-27)32-23-20-25-12-10-11-19-30(25)34(32)31-22-21-29(24-33(31)35)36-28-17-8-3-9-18-28/h1-24,36H. The van der Waals surface area contributed by atoms with Crippen LogP contribution in [0.3, 0.4) is 0 Å². The van der Waals surface area contributed by atoms with Crippen molar-refractivity contribution >= 4 is 22.1 Å². The molecule has 1 N–H and O–H groups in total. The fourth-order valence-corrected chi connectivity index (χ4v) is 6.02. The first kappa shape index (κ1) is 20.7. The molecule has 0 bridgehead atoms. The second-order valence-corrected chi connectivity index (χ2v) is 9.44. The molecule has 0 fully saturated rings. The molecule has 36 heavy (non-hydrogen) atoms. The first-order valence-electron chi connectivity index (χ1n) is 12.5. The minimum atomic E-state index is -0.411. The van der Waals surface area contributed by atoms with Gasteiger partial charge in [-0.15, -0.1) is 0 Å². The van der Waals surface area contributed by atoms with Crippen LogP contribution in [0.5, 0.6) is 0 Å². The topological polar surface area (TPSA) is 12.0 Å². The van der Waals surface area contributed by atoms with E-state index in [9.17, 15) is 0 Å². The first-order valence-corrected chi connectivity index (χ1v) is 12.5. The van der Waals surface area contributed by atoms with Gasteiger partial charge in [0, 0.05) is 11.4 Å². The van der Waals surface area contributed by atoms with E-state index in [0.717, 1.165) is 11.4 Å². The van der Waals surface area contributed by atoms with Crippen LogP contribution in [0.25, 0.3) is 21.9 Å². The van der Waals surface area contributed by atoms with Crippen LogP contribution in [0.2, 0.25) is 0 Å². The lowest BCUT2D eigenvalue weighted by atomic mass is 9.67. The van der Waals surface area contributed by atoms with E-state index < -0.39 is 5.41 Å². The largest absolute Gasteiger partial charge is 0.356 e. The molecule has 0 unspecified atom stereocenters. The van der Waals surface area contributed by atoms with Crippen molar-refractivity contribution in [3.63, 3.8) is 0 Å². The van der Waals surface area contributed by atoms with E-state index in [2.05, 4.69) is 145 Å². The minimum absolute atomic E-state index is 0.411. The Hall–Kier alpha value is -4.62.